The van der Waals surface area contributed by atoms with Crippen LogP contribution in [-0.4, -0.2) is 93.4 Å². The lowest BCUT2D eigenvalue weighted by atomic mass is 9.41. The lowest BCUT2D eigenvalue weighted by Crippen LogP contribution is -2.60. The van der Waals surface area contributed by atoms with Crippen molar-refractivity contribution >= 4 is 11.8 Å². The van der Waals surface area contributed by atoms with Crippen LogP contribution in [0.25, 0.3) is 0 Å². The minimum atomic E-state index is -1.31. The van der Waals surface area contributed by atoms with Crippen LogP contribution in [0.15, 0.2) is 0 Å². The average Bonchev–Trinajstić information content (AvgIpc) is 3.61. The van der Waals surface area contributed by atoms with Crippen molar-refractivity contribution < 1.29 is 49.0 Å². The lowest BCUT2D eigenvalue weighted by molar-refractivity contribution is -0.302. The number of carbonyl (C=O) groups is 2. The molecule has 7 rings (SSSR count). The molecule has 47 heavy (non-hydrogen) atoms. The van der Waals surface area contributed by atoms with Gasteiger partial charge in [0.25, 0.3) is 0 Å². The smallest absolute Gasteiger partial charge is 0.303 e. The van der Waals surface area contributed by atoms with Crippen LogP contribution in [-0.2, 0) is 28.5 Å². The topological polar surface area (TPSA) is 152 Å². The van der Waals surface area contributed by atoms with Crippen LogP contribution in [0.2, 0.25) is 0 Å². The van der Waals surface area contributed by atoms with E-state index < -0.39 is 59.9 Å². The minimum absolute atomic E-state index is 0.0668. The van der Waals surface area contributed by atoms with Crippen LogP contribution in [0.3, 0.4) is 0 Å². The summed E-state index contributed by atoms with van der Waals surface area (Å²) in [4.78, 5) is 27.0. The van der Waals surface area contributed by atoms with Gasteiger partial charge in [0.1, 0.15) is 24.4 Å². The van der Waals surface area contributed by atoms with Crippen molar-refractivity contribution in [1.29, 1.82) is 0 Å². The van der Waals surface area contributed by atoms with Crippen molar-refractivity contribution in [2.45, 2.75) is 161 Å². The third kappa shape index (κ3) is 4.46. The third-order valence-electron chi connectivity index (χ3n) is 15.6. The van der Waals surface area contributed by atoms with E-state index in [0.717, 1.165) is 44.9 Å². The van der Waals surface area contributed by atoms with E-state index in [9.17, 15) is 30.0 Å². The van der Waals surface area contributed by atoms with Gasteiger partial charge in [0.15, 0.2) is 18.2 Å². The molecule has 0 aromatic rings. The van der Waals surface area contributed by atoms with Gasteiger partial charge in [-0.1, -0.05) is 34.6 Å². The van der Waals surface area contributed by atoms with Crippen LogP contribution in [0.5, 0.6) is 0 Å². The van der Waals surface area contributed by atoms with Crippen molar-refractivity contribution in [2.75, 3.05) is 6.61 Å². The molecule has 0 aromatic heterocycles. The zero-order valence-corrected chi connectivity index (χ0v) is 29.5. The quantitative estimate of drug-likeness (QED) is 0.254. The molecule has 4 N–H and O–H groups in total. The fraction of sp³-hybridized carbons (Fsp3) is 0.946. The predicted octanol–water partition coefficient (Wildman–Crippen LogP) is 3.53. The fourth-order valence-electron chi connectivity index (χ4n) is 13.4. The first kappa shape index (κ1) is 34.3. The largest absolute Gasteiger partial charge is 0.457 e. The summed E-state index contributed by atoms with van der Waals surface area (Å²) in [6.45, 7) is 15.9. The SMILES string of the molecule is CC(=O)O[C@@H]([C@H]1C[C@@H](C)[C@H]2[C@H](O1)C(=O)[C@@]1(C)[C@@H]3CC[C@H]4C(C)(C)C(O[C@@H]5OC[C@@H](O)[C@H](O)[C@H]5O)CC[C@@]45CC35CC[C@]21C)C(C)(C)O. The molecule has 16 atom stereocenters. The summed E-state index contributed by atoms with van der Waals surface area (Å²) in [7, 11) is 0. The number of fused-ring (bicyclic) bond motifs is 4. The number of hydrogen-bond acceptors (Lipinski definition) is 10. The molecule has 0 bridgehead atoms. The molecule has 5 saturated carbocycles. The van der Waals surface area contributed by atoms with Crippen LogP contribution >= 0.6 is 0 Å². The van der Waals surface area contributed by atoms with E-state index in [4.69, 9.17) is 18.9 Å². The van der Waals surface area contributed by atoms with Crippen LogP contribution in [0.4, 0.5) is 0 Å². The normalized spacial score (nSPS) is 53.9. The molecule has 10 heteroatoms. The van der Waals surface area contributed by atoms with Crippen LogP contribution in [0.1, 0.15) is 107 Å². The number of carbonyl (C=O) groups excluding carboxylic acids is 2. The Bertz CT molecular complexity index is 1290. The van der Waals surface area contributed by atoms with Crippen molar-refractivity contribution in [1.82, 2.24) is 0 Å². The first-order chi connectivity index (χ1) is 21.8. The molecule has 2 heterocycles. The average molecular weight is 663 g/mol. The molecule has 5 aliphatic carbocycles. The number of aliphatic hydroxyl groups is 4. The molecule has 0 aromatic carbocycles. The maximum absolute atomic E-state index is 15.0. The van der Waals surface area contributed by atoms with E-state index >= 15 is 0 Å². The molecule has 7 fully saturated rings. The molecule has 2 spiro atoms. The molecule has 2 unspecified atom stereocenters. The Hall–Kier alpha value is -1.14. The molecule has 10 nitrogen and oxygen atoms in total. The Balaban J connectivity index is 1.15. The molecule has 2 saturated heterocycles. The lowest BCUT2D eigenvalue weighted by Gasteiger charge is -2.62. The van der Waals surface area contributed by atoms with Crippen molar-refractivity contribution in [2.24, 2.45) is 50.7 Å². The Morgan fingerprint density at radius 2 is 1.64 bits per heavy atom. The molecule has 0 radical (unpaired) electrons. The summed E-state index contributed by atoms with van der Waals surface area (Å²) in [5.74, 6) is 0.603. The molecular weight excluding hydrogens is 604 g/mol. The first-order valence-electron chi connectivity index (χ1n) is 18.2. The van der Waals surface area contributed by atoms with Gasteiger partial charge >= 0.3 is 5.97 Å². The number of ether oxygens (including phenoxy) is 4. The maximum atomic E-state index is 15.0. The Kier molecular flexibility index (Phi) is 7.80. The number of ketones is 1. The fourth-order valence-corrected chi connectivity index (χ4v) is 13.4. The number of rotatable bonds is 5. The second kappa shape index (κ2) is 10.7. The molecule has 0 amide bonds. The molecule has 2 aliphatic heterocycles. The van der Waals surface area contributed by atoms with Gasteiger partial charge in [-0.2, -0.15) is 0 Å². The van der Waals surface area contributed by atoms with Gasteiger partial charge in [-0.3, -0.25) is 9.59 Å². The van der Waals surface area contributed by atoms with E-state index in [0.29, 0.717) is 12.3 Å². The summed E-state index contributed by atoms with van der Waals surface area (Å²) < 4.78 is 24.4. The maximum Gasteiger partial charge on any atom is 0.303 e. The standard InChI is InChI=1S/C37H58O10/c1-18-15-21(30(33(5,6)43)45-19(2)38)46-28-25(18)34(7)13-14-37-17-36(37)12-11-24(47-31-27(41)26(40)20(39)16-44-31)32(3,4)22(36)9-10-23(37)35(34,8)29(28)42/h18,20-28,30-31,39-41,43H,9-17H2,1-8H3/t18-,20-,21-,22+,23+,24?,25+,26+,27-,28+,30+,31+,34-,35-,36-,37?/m1/s1. The highest BCUT2D eigenvalue weighted by atomic mass is 16.7. The summed E-state index contributed by atoms with van der Waals surface area (Å²) >= 11 is 0. The van der Waals surface area contributed by atoms with Gasteiger partial charge in [-0.15, -0.1) is 0 Å². The van der Waals surface area contributed by atoms with E-state index in [-0.39, 0.29) is 57.9 Å². The van der Waals surface area contributed by atoms with Gasteiger partial charge in [-0.25, -0.2) is 0 Å². The van der Waals surface area contributed by atoms with Crippen molar-refractivity contribution in [3.63, 3.8) is 0 Å². The van der Waals surface area contributed by atoms with E-state index in [2.05, 4.69) is 34.6 Å². The molecule has 7 aliphatic rings. The highest BCUT2D eigenvalue weighted by Crippen LogP contribution is 2.89. The second-order valence-corrected chi connectivity index (χ2v) is 18.4. The number of esters is 1. The Morgan fingerprint density at radius 3 is 2.30 bits per heavy atom. The Labute approximate surface area is 279 Å². The van der Waals surface area contributed by atoms with Gasteiger partial charge in [0, 0.05) is 18.3 Å². The highest BCUT2D eigenvalue weighted by Gasteiger charge is 2.85. The highest BCUT2D eigenvalue weighted by molar-refractivity contribution is 5.93. The summed E-state index contributed by atoms with van der Waals surface area (Å²) in [6, 6.07) is 0. The zero-order chi connectivity index (χ0) is 34.3. The summed E-state index contributed by atoms with van der Waals surface area (Å²) in [5, 5.41) is 41.8. The van der Waals surface area contributed by atoms with Crippen LogP contribution in [0, 0.1) is 50.7 Å². The summed E-state index contributed by atoms with van der Waals surface area (Å²) in [6.07, 6.45) is 0.691. The number of aliphatic hydroxyl groups excluding tert-OH is 3. The zero-order valence-electron chi connectivity index (χ0n) is 29.5. The monoisotopic (exact) mass is 662 g/mol. The van der Waals surface area contributed by atoms with Gasteiger partial charge in [0.05, 0.1) is 24.4 Å². The van der Waals surface area contributed by atoms with E-state index in [1.165, 1.54) is 6.92 Å². The van der Waals surface area contributed by atoms with E-state index in [1.54, 1.807) is 13.8 Å². The number of hydrogen-bond donors (Lipinski definition) is 4. The van der Waals surface area contributed by atoms with Crippen molar-refractivity contribution in [3.8, 4) is 0 Å². The van der Waals surface area contributed by atoms with Gasteiger partial charge < -0.3 is 39.4 Å². The van der Waals surface area contributed by atoms with Crippen LogP contribution < -0.4 is 0 Å². The summed E-state index contributed by atoms with van der Waals surface area (Å²) in [5.41, 5.74) is -2.06. The molecular formula is C37H58O10. The second-order valence-electron chi connectivity index (χ2n) is 18.4. The Morgan fingerprint density at radius 1 is 0.979 bits per heavy atom. The van der Waals surface area contributed by atoms with E-state index in [1.807, 2.05) is 0 Å². The van der Waals surface area contributed by atoms with Gasteiger partial charge in [0.2, 0.25) is 0 Å². The predicted molar refractivity (Wildman–Crippen MR) is 170 cm³/mol. The molecule has 266 valence electrons. The number of Topliss-reactive ketones (excluding diaryl/α,β-unsaturated/α-hetero) is 1. The minimum Gasteiger partial charge on any atom is -0.457 e. The first-order valence-corrected chi connectivity index (χ1v) is 18.2. The van der Waals surface area contributed by atoms with Gasteiger partial charge in [-0.05, 0) is 105 Å². The van der Waals surface area contributed by atoms with Crippen molar-refractivity contribution in [3.05, 3.63) is 0 Å². The third-order valence-corrected chi connectivity index (χ3v) is 15.6.